The third-order valence-corrected chi connectivity index (χ3v) is 4.99. The van der Waals surface area contributed by atoms with Gasteiger partial charge in [0.05, 0.1) is 24.4 Å². The van der Waals surface area contributed by atoms with Crippen molar-refractivity contribution in [1.82, 2.24) is 9.97 Å². The van der Waals surface area contributed by atoms with Crippen LogP contribution in [0.15, 0.2) is 54.6 Å². The van der Waals surface area contributed by atoms with Crippen molar-refractivity contribution in [3.63, 3.8) is 0 Å². The average Bonchev–Trinajstić information content (AvgIpc) is 2.86. The van der Waals surface area contributed by atoms with E-state index in [1.807, 2.05) is 0 Å². The van der Waals surface area contributed by atoms with Crippen LogP contribution in [-0.4, -0.2) is 58.7 Å². The minimum absolute atomic E-state index is 0. The van der Waals surface area contributed by atoms with Crippen molar-refractivity contribution in [2.45, 2.75) is 12.3 Å². The first-order valence-electron chi connectivity index (χ1n) is 10.5. The van der Waals surface area contributed by atoms with Crippen LogP contribution in [0.1, 0.15) is 5.56 Å². The topological polar surface area (TPSA) is 117 Å². The number of carbonyl (C=O) groups is 1. The predicted molar refractivity (Wildman–Crippen MR) is 130 cm³/mol. The van der Waals surface area contributed by atoms with Crippen molar-refractivity contribution in [1.29, 1.82) is 0 Å². The normalized spacial score (nSPS) is 13.6. The van der Waals surface area contributed by atoms with Gasteiger partial charge < -0.3 is 19.7 Å². The maximum atomic E-state index is 13.1. The molecule has 2 aromatic heterocycles. The van der Waals surface area contributed by atoms with Crippen LogP contribution < -0.4 is 19.7 Å². The third-order valence-electron chi connectivity index (χ3n) is 4.99. The molecule has 3 heterocycles. The summed E-state index contributed by atoms with van der Waals surface area (Å²) in [6, 6.07) is 11.9. The number of hydrogen-bond acceptors (Lipinski definition) is 7. The zero-order valence-corrected chi connectivity index (χ0v) is 19.7. The van der Waals surface area contributed by atoms with Crippen molar-refractivity contribution in [3.05, 3.63) is 60.2 Å². The number of rotatable bonds is 6. The molecule has 1 aliphatic rings. The number of nitrogens with one attached hydrogen (secondary N) is 1. The van der Waals surface area contributed by atoms with Crippen LogP contribution in [0.5, 0.6) is 11.6 Å². The molecule has 0 saturated heterocycles. The summed E-state index contributed by atoms with van der Waals surface area (Å²) in [4.78, 5) is 22.8. The van der Waals surface area contributed by atoms with E-state index in [-0.39, 0.29) is 62.0 Å². The number of ether oxygens (including phenoxy) is 2. The van der Waals surface area contributed by atoms with Gasteiger partial charge >= 0.3 is 12.2 Å². The minimum Gasteiger partial charge on any atom is -0.488 e. The number of amides is 2. The monoisotopic (exact) mass is 524 g/mol. The highest BCUT2D eigenvalue weighted by atomic mass is 32.1. The summed E-state index contributed by atoms with van der Waals surface area (Å²) >= 11 is 0. The van der Waals surface area contributed by atoms with Gasteiger partial charge in [0.2, 0.25) is 5.88 Å². The van der Waals surface area contributed by atoms with E-state index >= 15 is 0 Å². The highest BCUT2D eigenvalue weighted by Gasteiger charge is 2.31. The molecule has 1 aliphatic heterocycles. The number of aromatic nitrogens is 2. The van der Waals surface area contributed by atoms with Crippen LogP contribution in [0.4, 0.5) is 29.6 Å². The van der Waals surface area contributed by atoms with Gasteiger partial charge in [0, 0.05) is 11.6 Å². The number of hydrogen-bond donors (Lipinski definition) is 3. The lowest BCUT2D eigenvalue weighted by Crippen LogP contribution is -2.41. The van der Waals surface area contributed by atoms with Gasteiger partial charge in [-0.3, -0.25) is 10.2 Å². The van der Waals surface area contributed by atoms with Crippen LogP contribution in [0.25, 0.3) is 11.3 Å². The minimum atomic E-state index is -4.50. The zero-order chi connectivity index (χ0) is 25.0. The van der Waals surface area contributed by atoms with Crippen molar-refractivity contribution in [3.8, 4) is 22.9 Å². The van der Waals surface area contributed by atoms with Gasteiger partial charge in [-0.1, -0.05) is 18.2 Å². The van der Waals surface area contributed by atoms with E-state index in [4.69, 9.17) is 14.6 Å². The van der Waals surface area contributed by atoms with Crippen LogP contribution in [0, 0.1) is 0 Å². The van der Waals surface area contributed by atoms with Crippen LogP contribution in [-0.2, 0) is 6.18 Å². The van der Waals surface area contributed by atoms with Gasteiger partial charge in [0.15, 0.2) is 11.6 Å². The first kappa shape index (κ1) is 27.0. The lowest BCUT2D eigenvalue weighted by atomic mass is 10.1. The van der Waals surface area contributed by atoms with E-state index < -0.39 is 30.5 Å². The quantitative estimate of drug-likeness (QED) is 0.452. The van der Waals surface area contributed by atoms with Gasteiger partial charge in [-0.25, -0.2) is 9.78 Å². The fraction of sp³-hybridized carbons (Fsp3) is 0.261. The second-order valence-electron chi connectivity index (χ2n) is 7.54. The standard InChI is InChI=1S/C23H21F3N4O5.H2S/c24-23(25,26)15-4-1-3-14(11-15)17-7-8-18-21(27-17)30(9-10-34-18)22(33)29-19-5-2-6-20(28-19)35-13-16(32)12-31;/h1-8,11,16,31-32H,9-10,12-13H2,(H,28,29,33);1H2/t16-;/m0./s1. The molecule has 0 saturated carbocycles. The van der Waals surface area contributed by atoms with E-state index in [2.05, 4.69) is 15.3 Å². The molecule has 9 nitrogen and oxygen atoms in total. The summed E-state index contributed by atoms with van der Waals surface area (Å²) in [5.74, 6) is 0.753. The van der Waals surface area contributed by atoms with Gasteiger partial charge in [0.1, 0.15) is 25.1 Å². The molecule has 1 atom stereocenters. The summed E-state index contributed by atoms with van der Waals surface area (Å²) in [5.41, 5.74) is -0.320. The number of nitrogens with zero attached hydrogens (tertiary/aromatic N) is 3. The zero-order valence-electron chi connectivity index (χ0n) is 18.7. The van der Waals surface area contributed by atoms with Crippen LogP contribution >= 0.6 is 13.5 Å². The highest BCUT2D eigenvalue weighted by Crippen LogP contribution is 2.35. The molecule has 13 heteroatoms. The number of benzene rings is 1. The number of fused-ring (bicyclic) bond motifs is 1. The largest absolute Gasteiger partial charge is 0.488 e. The highest BCUT2D eigenvalue weighted by molar-refractivity contribution is 7.59. The molecule has 0 radical (unpaired) electrons. The second-order valence-corrected chi connectivity index (χ2v) is 7.54. The Morgan fingerprint density at radius 2 is 1.94 bits per heavy atom. The van der Waals surface area contributed by atoms with Gasteiger partial charge in [-0.2, -0.15) is 31.7 Å². The smallest absolute Gasteiger partial charge is 0.416 e. The Kier molecular flexibility index (Phi) is 8.61. The Bertz CT molecular complexity index is 1210. The number of aliphatic hydroxyl groups excluding tert-OH is 2. The molecular formula is C23H23F3N4O5S. The number of anilines is 2. The van der Waals surface area contributed by atoms with Gasteiger partial charge in [-0.15, -0.1) is 0 Å². The molecule has 0 aliphatic carbocycles. The van der Waals surface area contributed by atoms with Crippen molar-refractivity contribution in [2.75, 3.05) is 36.6 Å². The van der Waals surface area contributed by atoms with Crippen LogP contribution in [0.3, 0.4) is 0 Å². The maximum Gasteiger partial charge on any atom is 0.416 e. The van der Waals surface area contributed by atoms with E-state index in [1.165, 1.54) is 35.2 Å². The predicted octanol–water partition coefficient (Wildman–Crippen LogP) is 3.44. The van der Waals surface area contributed by atoms with E-state index in [0.717, 1.165) is 12.1 Å². The van der Waals surface area contributed by atoms with Gasteiger partial charge in [0.25, 0.3) is 0 Å². The Morgan fingerprint density at radius 3 is 2.69 bits per heavy atom. The summed E-state index contributed by atoms with van der Waals surface area (Å²) < 4.78 is 50.2. The SMILES string of the molecule is O=C(Nc1cccc(OC[C@@H](O)CO)n1)N1CCOc2ccc(-c3cccc(C(F)(F)F)c3)nc21.S. The number of pyridine rings is 2. The number of halogens is 3. The molecule has 4 rings (SSSR count). The number of carbonyl (C=O) groups excluding carboxylic acids is 1. The fourth-order valence-electron chi connectivity index (χ4n) is 3.28. The maximum absolute atomic E-state index is 13.1. The number of aliphatic hydroxyl groups is 2. The summed E-state index contributed by atoms with van der Waals surface area (Å²) in [6.07, 6.45) is -5.57. The Balaban J connectivity index is 0.00000361. The third kappa shape index (κ3) is 6.36. The number of urea groups is 1. The summed E-state index contributed by atoms with van der Waals surface area (Å²) in [6.45, 7) is -0.306. The van der Waals surface area contributed by atoms with Crippen molar-refractivity contribution < 1.29 is 37.7 Å². The van der Waals surface area contributed by atoms with Gasteiger partial charge in [-0.05, 0) is 30.3 Å². The molecule has 1 aromatic carbocycles. The lowest BCUT2D eigenvalue weighted by Gasteiger charge is -2.28. The Hall–Kier alpha value is -3.55. The van der Waals surface area contributed by atoms with Crippen molar-refractivity contribution >= 4 is 31.2 Å². The molecule has 0 fully saturated rings. The molecule has 36 heavy (non-hydrogen) atoms. The Labute approximate surface area is 211 Å². The van der Waals surface area contributed by atoms with Crippen LogP contribution in [0.2, 0.25) is 0 Å². The number of alkyl halides is 3. The second kappa shape index (κ2) is 11.5. The molecule has 0 unspecified atom stereocenters. The molecule has 0 spiro atoms. The Morgan fingerprint density at radius 1 is 1.17 bits per heavy atom. The molecular weight excluding hydrogens is 501 g/mol. The molecule has 2 amide bonds. The fourth-order valence-corrected chi connectivity index (χ4v) is 3.28. The molecule has 3 N–H and O–H groups in total. The van der Waals surface area contributed by atoms with E-state index in [1.54, 1.807) is 12.1 Å². The molecule has 192 valence electrons. The van der Waals surface area contributed by atoms with E-state index in [9.17, 15) is 23.1 Å². The lowest BCUT2D eigenvalue weighted by molar-refractivity contribution is -0.137. The summed E-state index contributed by atoms with van der Waals surface area (Å²) in [5, 5.41) is 20.9. The molecule has 3 aromatic rings. The average molecular weight is 525 g/mol. The summed E-state index contributed by atoms with van der Waals surface area (Å²) in [7, 11) is 0. The first-order valence-corrected chi connectivity index (χ1v) is 10.5. The van der Waals surface area contributed by atoms with Crippen molar-refractivity contribution in [2.24, 2.45) is 0 Å². The molecule has 0 bridgehead atoms. The first-order chi connectivity index (χ1) is 16.7. The van der Waals surface area contributed by atoms with E-state index in [0.29, 0.717) is 5.75 Å².